The molecular formula is C59H39N3OS. The normalized spacial score (nSPS) is 15.5. The molecule has 0 amide bonds. The van der Waals surface area contributed by atoms with Crippen LogP contribution in [0.3, 0.4) is 0 Å². The van der Waals surface area contributed by atoms with Gasteiger partial charge in [-0.05, 0) is 82.9 Å². The van der Waals surface area contributed by atoms with Crippen molar-refractivity contribution in [2.75, 3.05) is 0 Å². The maximum Gasteiger partial charge on any atom is 0.160 e. The zero-order valence-electron chi connectivity index (χ0n) is 35.0. The van der Waals surface area contributed by atoms with Gasteiger partial charge in [-0.2, -0.15) is 0 Å². The fourth-order valence-corrected chi connectivity index (χ4v) is 11.1. The summed E-state index contributed by atoms with van der Waals surface area (Å²) < 4.78 is 12.0. The average Bonchev–Trinajstić information content (AvgIpc) is 4.02. The highest BCUT2D eigenvalue weighted by atomic mass is 32.1. The van der Waals surface area contributed by atoms with E-state index in [0.717, 1.165) is 84.3 Å². The Hall–Kier alpha value is -7.86. The lowest BCUT2D eigenvalue weighted by molar-refractivity contribution is 0.666. The summed E-state index contributed by atoms with van der Waals surface area (Å²) in [5.41, 5.74) is 12.1. The number of nitrogens with zero attached hydrogens (tertiary/aromatic N) is 3. The molecule has 0 bridgehead atoms. The second-order valence-electron chi connectivity index (χ2n) is 16.9. The lowest BCUT2D eigenvalue weighted by atomic mass is 9.90. The van der Waals surface area contributed by atoms with Crippen molar-refractivity contribution in [3.05, 3.63) is 217 Å². The van der Waals surface area contributed by atoms with Crippen LogP contribution in [-0.2, 0) is 0 Å². The topological polar surface area (TPSA) is 42.8 Å². The van der Waals surface area contributed by atoms with Crippen LogP contribution in [-0.4, -0.2) is 16.1 Å². The first kappa shape index (κ1) is 36.8. The van der Waals surface area contributed by atoms with Crippen LogP contribution in [0.5, 0.6) is 0 Å². The molecule has 0 N–H and O–H groups in total. The summed E-state index contributed by atoms with van der Waals surface area (Å²) in [6.45, 7) is 2.31. The minimum atomic E-state index is 0.0695. The molecule has 9 aromatic carbocycles. The van der Waals surface area contributed by atoms with Crippen LogP contribution in [0, 0.1) is 5.92 Å². The van der Waals surface area contributed by atoms with E-state index < -0.39 is 0 Å². The zero-order chi connectivity index (χ0) is 42.3. The largest absolute Gasteiger partial charge is 0.454 e. The van der Waals surface area contributed by atoms with Crippen LogP contribution in [0.4, 0.5) is 0 Å². The quantitative estimate of drug-likeness (QED) is 0.170. The first-order valence-electron chi connectivity index (χ1n) is 22.0. The molecule has 4 heterocycles. The molecule has 1 aliphatic rings. The van der Waals surface area contributed by atoms with E-state index in [9.17, 15) is 0 Å². The van der Waals surface area contributed by atoms with Crippen LogP contribution in [0.1, 0.15) is 30.0 Å². The Balaban J connectivity index is 1.11. The van der Waals surface area contributed by atoms with Gasteiger partial charge >= 0.3 is 0 Å². The minimum Gasteiger partial charge on any atom is -0.454 e. The molecule has 0 spiro atoms. The summed E-state index contributed by atoms with van der Waals surface area (Å²) >= 11 is 1.84. The lowest BCUT2D eigenvalue weighted by Crippen LogP contribution is -2.17. The number of rotatable bonds is 5. The highest BCUT2D eigenvalue weighted by molar-refractivity contribution is 7.25. The standard InChI is InChI=1S/C59H39N3OS/c1-36-29-32-49(60-59(41-20-13-19-38(33-41)37-15-3-2-4-16-37)61-56(36)47-24-14-28-54-55(47)46-23-9-12-27-53(46)64-54)45-31-30-44-43-22-8-11-26-52(43)63-58(44)57(45)62-50-25-10-7-21-42(50)48-34-39-17-5-6-18-40(39)35-51(48)62/h2-28,30-36H,29H2,1H3/b49-32+,60-59?,61-56?. The molecule has 4 nitrogen and oxygen atoms in total. The monoisotopic (exact) mass is 837 g/mol. The summed E-state index contributed by atoms with van der Waals surface area (Å²) in [6, 6.07) is 69.5. The number of thiophene rings is 1. The predicted octanol–water partition coefficient (Wildman–Crippen LogP) is 16.2. The minimum absolute atomic E-state index is 0.0695. The summed E-state index contributed by atoms with van der Waals surface area (Å²) in [7, 11) is 0. The number of hydrogen-bond donors (Lipinski definition) is 0. The molecule has 302 valence electrons. The molecule has 0 saturated carbocycles. The van der Waals surface area contributed by atoms with E-state index >= 15 is 0 Å². The van der Waals surface area contributed by atoms with Gasteiger partial charge in [0.15, 0.2) is 11.4 Å². The number of aliphatic imine (C=N–C) groups is 2. The summed E-state index contributed by atoms with van der Waals surface area (Å²) in [6.07, 6.45) is 3.08. The molecular weight excluding hydrogens is 799 g/mol. The van der Waals surface area contributed by atoms with Crippen molar-refractivity contribution >= 4 is 103 Å². The second kappa shape index (κ2) is 14.6. The number of aromatic nitrogens is 1. The van der Waals surface area contributed by atoms with Gasteiger partial charge < -0.3 is 8.98 Å². The number of benzene rings is 9. The molecule has 0 saturated heterocycles. The van der Waals surface area contributed by atoms with E-state index in [2.05, 4.69) is 206 Å². The fraction of sp³-hybridized carbons (Fsp3) is 0.0508. The average molecular weight is 838 g/mol. The van der Waals surface area contributed by atoms with Gasteiger partial charge in [0.1, 0.15) is 5.58 Å². The smallest absolute Gasteiger partial charge is 0.160 e. The Morgan fingerprint density at radius 2 is 1.22 bits per heavy atom. The lowest BCUT2D eigenvalue weighted by Gasteiger charge is -2.21. The first-order chi connectivity index (χ1) is 31.6. The van der Waals surface area contributed by atoms with Crippen LogP contribution in [0.2, 0.25) is 0 Å². The first-order valence-corrected chi connectivity index (χ1v) is 22.8. The van der Waals surface area contributed by atoms with Crippen molar-refractivity contribution in [1.29, 1.82) is 0 Å². The van der Waals surface area contributed by atoms with E-state index in [-0.39, 0.29) is 5.92 Å². The van der Waals surface area contributed by atoms with Crippen molar-refractivity contribution < 1.29 is 4.42 Å². The third kappa shape index (κ3) is 5.82. The van der Waals surface area contributed by atoms with E-state index in [0.29, 0.717) is 5.84 Å². The van der Waals surface area contributed by atoms with E-state index in [4.69, 9.17) is 14.4 Å². The molecule has 5 heteroatoms. The van der Waals surface area contributed by atoms with Crippen LogP contribution < -0.4 is 0 Å². The van der Waals surface area contributed by atoms with Gasteiger partial charge in [-0.1, -0.05) is 153 Å². The maximum atomic E-state index is 7.00. The van der Waals surface area contributed by atoms with Gasteiger partial charge in [0.2, 0.25) is 0 Å². The van der Waals surface area contributed by atoms with Gasteiger partial charge in [0, 0.05) is 64.3 Å². The second-order valence-corrected chi connectivity index (χ2v) is 18.0. The fourth-order valence-electron chi connectivity index (χ4n) is 9.99. The Morgan fingerprint density at radius 1 is 0.516 bits per heavy atom. The maximum absolute atomic E-state index is 7.00. The Kier molecular flexibility index (Phi) is 8.40. The predicted molar refractivity (Wildman–Crippen MR) is 272 cm³/mol. The zero-order valence-corrected chi connectivity index (χ0v) is 35.8. The Morgan fingerprint density at radius 3 is 2.11 bits per heavy atom. The van der Waals surface area contributed by atoms with Gasteiger partial charge in [-0.3, -0.25) is 0 Å². The van der Waals surface area contributed by atoms with Crippen LogP contribution in [0.25, 0.3) is 97.2 Å². The molecule has 64 heavy (non-hydrogen) atoms. The molecule has 1 aliphatic heterocycles. The Labute approximate surface area is 373 Å². The van der Waals surface area contributed by atoms with Crippen molar-refractivity contribution in [2.24, 2.45) is 15.9 Å². The number of fused-ring (bicyclic) bond motifs is 10. The Bertz CT molecular complexity index is 3950. The summed E-state index contributed by atoms with van der Waals surface area (Å²) in [5, 5.41) is 9.45. The van der Waals surface area contributed by atoms with E-state index in [1.165, 1.54) is 41.7 Å². The summed E-state index contributed by atoms with van der Waals surface area (Å²) in [4.78, 5) is 11.5. The number of amidine groups is 1. The molecule has 12 aromatic rings. The van der Waals surface area contributed by atoms with E-state index in [1.54, 1.807) is 0 Å². The molecule has 1 unspecified atom stereocenters. The highest BCUT2D eigenvalue weighted by Gasteiger charge is 2.26. The number of allylic oxidation sites excluding steroid dienone is 1. The molecule has 0 radical (unpaired) electrons. The van der Waals surface area contributed by atoms with Crippen LogP contribution in [0.15, 0.2) is 215 Å². The molecule has 1 atom stereocenters. The third-order valence-corrected chi connectivity index (χ3v) is 14.2. The molecule has 13 rings (SSSR count). The van der Waals surface area contributed by atoms with Crippen molar-refractivity contribution in [2.45, 2.75) is 13.3 Å². The van der Waals surface area contributed by atoms with Crippen molar-refractivity contribution in [3.63, 3.8) is 0 Å². The van der Waals surface area contributed by atoms with Crippen molar-refractivity contribution in [1.82, 2.24) is 4.57 Å². The van der Waals surface area contributed by atoms with E-state index in [1.807, 2.05) is 17.4 Å². The molecule has 0 fully saturated rings. The van der Waals surface area contributed by atoms with Gasteiger partial charge in [-0.15, -0.1) is 11.3 Å². The SMILES string of the molecule is CC1C/C=C(\c2ccc3c(oc4ccccc43)c2-n2c3ccccc3c3cc4ccccc4cc32)N=C(c2cccc(-c3ccccc3)c2)N=C1c1cccc2sc3ccccc3c12. The van der Waals surface area contributed by atoms with Crippen LogP contribution >= 0.6 is 11.3 Å². The summed E-state index contributed by atoms with van der Waals surface area (Å²) in [5.74, 6) is 0.742. The number of para-hydroxylation sites is 2. The van der Waals surface area contributed by atoms with Gasteiger partial charge in [0.05, 0.1) is 28.1 Å². The third-order valence-electron chi connectivity index (χ3n) is 13.1. The number of furan rings is 1. The van der Waals surface area contributed by atoms with Gasteiger partial charge in [0.25, 0.3) is 0 Å². The van der Waals surface area contributed by atoms with Gasteiger partial charge in [-0.25, -0.2) is 9.98 Å². The molecule has 3 aromatic heterocycles. The molecule has 0 aliphatic carbocycles. The number of hydrogen-bond acceptors (Lipinski definition) is 4. The van der Waals surface area contributed by atoms with Crippen molar-refractivity contribution in [3.8, 4) is 16.8 Å². The highest BCUT2D eigenvalue weighted by Crippen LogP contribution is 2.44.